The SMILES string of the molecule is CC(=O)c1ccc(NC(=O)O[C@@H](c2ccc(O)c(F)c2)[C@H](C)CC/C=C/C(=O)O)cc1. The molecule has 2 atom stereocenters. The monoisotopic (exact) mass is 429 g/mol. The van der Waals surface area contributed by atoms with E-state index >= 15 is 0 Å². The zero-order valence-corrected chi connectivity index (χ0v) is 17.2. The number of ketones is 1. The van der Waals surface area contributed by atoms with Gasteiger partial charge in [0.1, 0.15) is 6.10 Å². The van der Waals surface area contributed by atoms with Gasteiger partial charge in [-0.15, -0.1) is 0 Å². The molecule has 31 heavy (non-hydrogen) atoms. The number of rotatable bonds is 9. The quantitative estimate of drug-likeness (QED) is 0.378. The summed E-state index contributed by atoms with van der Waals surface area (Å²) >= 11 is 0. The van der Waals surface area contributed by atoms with Crippen molar-refractivity contribution in [2.45, 2.75) is 32.8 Å². The highest BCUT2D eigenvalue weighted by Crippen LogP contribution is 2.32. The van der Waals surface area contributed by atoms with Gasteiger partial charge < -0.3 is 14.9 Å². The third kappa shape index (κ3) is 7.26. The average molecular weight is 429 g/mol. The van der Waals surface area contributed by atoms with Crippen LogP contribution in [0.3, 0.4) is 0 Å². The van der Waals surface area contributed by atoms with Crippen LogP contribution < -0.4 is 5.32 Å². The summed E-state index contributed by atoms with van der Waals surface area (Å²) in [6.45, 7) is 3.23. The fourth-order valence-electron chi connectivity index (χ4n) is 2.96. The van der Waals surface area contributed by atoms with Crippen molar-refractivity contribution in [2.24, 2.45) is 5.92 Å². The molecule has 164 valence electrons. The average Bonchev–Trinajstić information content (AvgIpc) is 2.71. The molecule has 0 aliphatic carbocycles. The van der Waals surface area contributed by atoms with Crippen LogP contribution >= 0.6 is 0 Å². The summed E-state index contributed by atoms with van der Waals surface area (Å²) in [6.07, 6.45) is 1.79. The van der Waals surface area contributed by atoms with Crippen LogP contribution in [0, 0.1) is 11.7 Å². The molecule has 0 unspecified atom stereocenters. The zero-order chi connectivity index (χ0) is 23.0. The van der Waals surface area contributed by atoms with Crippen LogP contribution in [0.25, 0.3) is 0 Å². The van der Waals surface area contributed by atoms with E-state index in [4.69, 9.17) is 9.84 Å². The topological polar surface area (TPSA) is 113 Å². The molecular weight excluding hydrogens is 405 g/mol. The number of carboxylic acid groups (broad SMARTS) is 1. The predicted octanol–water partition coefficient (Wildman–Crippen LogP) is 5.08. The van der Waals surface area contributed by atoms with E-state index in [9.17, 15) is 23.9 Å². The van der Waals surface area contributed by atoms with Crippen LogP contribution in [0.2, 0.25) is 0 Å². The van der Waals surface area contributed by atoms with Crippen molar-refractivity contribution in [1.29, 1.82) is 0 Å². The minimum atomic E-state index is -1.06. The van der Waals surface area contributed by atoms with Gasteiger partial charge in [0.2, 0.25) is 0 Å². The molecule has 3 N–H and O–H groups in total. The molecule has 7 nitrogen and oxygen atoms in total. The molecule has 0 aliphatic heterocycles. The van der Waals surface area contributed by atoms with Gasteiger partial charge in [0.25, 0.3) is 0 Å². The van der Waals surface area contributed by atoms with E-state index in [-0.39, 0.29) is 11.7 Å². The summed E-state index contributed by atoms with van der Waals surface area (Å²) in [4.78, 5) is 34.4. The zero-order valence-electron chi connectivity index (χ0n) is 17.2. The number of anilines is 1. The number of allylic oxidation sites excluding steroid dienone is 1. The second-order valence-corrected chi connectivity index (χ2v) is 7.09. The fraction of sp³-hybridized carbons (Fsp3) is 0.261. The Morgan fingerprint density at radius 2 is 1.84 bits per heavy atom. The van der Waals surface area contributed by atoms with E-state index in [1.165, 1.54) is 25.1 Å². The second kappa shape index (κ2) is 10.9. The largest absolute Gasteiger partial charge is 0.505 e. The first-order valence-corrected chi connectivity index (χ1v) is 9.64. The lowest BCUT2D eigenvalue weighted by Gasteiger charge is -2.25. The maximum Gasteiger partial charge on any atom is 0.412 e. The van der Waals surface area contributed by atoms with E-state index in [0.29, 0.717) is 29.7 Å². The summed E-state index contributed by atoms with van der Waals surface area (Å²) in [5.74, 6) is -2.81. The molecule has 2 rings (SSSR count). The number of amides is 1. The molecule has 1 amide bonds. The first-order valence-electron chi connectivity index (χ1n) is 9.64. The minimum absolute atomic E-state index is 0.102. The van der Waals surface area contributed by atoms with Gasteiger partial charge in [-0.05, 0) is 67.6 Å². The highest BCUT2D eigenvalue weighted by Gasteiger charge is 2.24. The van der Waals surface area contributed by atoms with E-state index < -0.39 is 29.7 Å². The summed E-state index contributed by atoms with van der Waals surface area (Å²) < 4.78 is 19.4. The van der Waals surface area contributed by atoms with Crippen LogP contribution in [0.15, 0.2) is 54.6 Å². The summed E-state index contributed by atoms with van der Waals surface area (Å²) in [5, 5.41) is 20.7. The Labute approximate surface area is 179 Å². The first-order chi connectivity index (χ1) is 14.7. The normalized spacial score (nSPS) is 12.9. The van der Waals surface area contributed by atoms with Gasteiger partial charge in [-0.3, -0.25) is 10.1 Å². The molecule has 2 aromatic carbocycles. The minimum Gasteiger partial charge on any atom is -0.505 e. The first kappa shape index (κ1) is 23.6. The molecule has 0 aromatic heterocycles. The van der Waals surface area contributed by atoms with Crippen LogP contribution in [0.4, 0.5) is 14.9 Å². The Balaban J connectivity index is 2.14. The number of Topliss-reactive ketones (excluding diaryl/α,β-unsaturated/α-hetero) is 1. The van der Waals surface area contributed by atoms with Crippen LogP contribution in [0.5, 0.6) is 5.75 Å². The van der Waals surface area contributed by atoms with Crippen molar-refractivity contribution in [3.8, 4) is 5.75 Å². The van der Waals surface area contributed by atoms with E-state index in [2.05, 4.69) is 5.32 Å². The molecule has 0 radical (unpaired) electrons. The molecular formula is C23H24FNO6. The summed E-state index contributed by atoms with van der Waals surface area (Å²) in [5.41, 5.74) is 1.27. The molecule has 8 heteroatoms. The third-order valence-corrected chi connectivity index (χ3v) is 4.64. The van der Waals surface area contributed by atoms with Gasteiger partial charge in [-0.1, -0.05) is 19.1 Å². The Morgan fingerprint density at radius 1 is 1.16 bits per heavy atom. The number of carbonyl (C=O) groups excluding carboxylic acids is 2. The number of benzene rings is 2. The maximum absolute atomic E-state index is 13.9. The number of phenolic OH excluding ortho intramolecular Hbond substituents is 1. The van der Waals surface area contributed by atoms with Gasteiger partial charge in [-0.2, -0.15) is 0 Å². The molecule has 0 bridgehead atoms. The molecule has 2 aromatic rings. The van der Waals surface area contributed by atoms with Crippen molar-refractivity contribution >= 4 is 23.5 Å². The van der Waals surface area contributed by atoms with Crippen molar-refractivity contribution in [3.63, 3.8) is 0 Å². The number of ether oxygens (including phenoxy) is 1. The van der Waals surface area contributed by atoms with Crippen LogP contribution in [0.1, 0.15) is 48.7 Å². The number of carbonyl (C=O) groups is 3. The van der Waals surface area contributed by atoms with Gasteiger partial charge >= 0.3 is 12.1 Å². The number of aromatic hydroxyl groups is 1. The van der Waals surface area contributed by atoms with E-state index in [1.54, 1.807) is 31.2 Å². The van der Waals surface area contributed by atoms with Gasteiger partial charge in [-0.25, -0.2) is 14.0 Å². The van der Waals surface area contributed by atoms with Crippen molar-refractivity contribution in [2.75, 3.05) is 5.32 Å². The molecule has 0 fully saturated rings. The van der Waals surface area contributed by atoms with E-state index in [1.807, 2.05) is 0 Å². The van der Waals surface area contributed by atoms with Gasteiger partial charge in [0, 0.05) is 17.3 Å². The third-order valence-electron chi connectivity index (χ3n) is 4.64. The smallest absolute Gasteiger partial charge is 0.412 e. The second-order valence-electron chi connectivity index (χ2n) is 7.09. The van der Waals surface area contributed by atoms with Gasteiger partial charge in [0.15, 0.2) is 17.3 Å². The van der Waals surface area contributed by atoms with E-state index in [0.717, 1.165) is 12.1 Å². The lowest BCUT2D eigenvalue weighted by Crippen LogP contribution is -2.22. The van der Waals surface area contributed by atoms with Crippen LogP contribution in [-0.4, -0.2) is 28.1 Å². The Hall–Kier alpha value is -3.68. The van der Waals surface area contributed by atoms with Crippen LogP contribution in [-0.2, 0) is 9.53 Å². The number of phenols is 1. The Morgan fingerprint density at radius 3 is 2.42 bits per heavy atom. The van der Waals surface area contributed by atoms with Crippen molar-refractivity contribution in [3.05, 3.63) is 71.6 Å². The maximum atomic E-state index is 13.9. The molecule has 0 heterocycles. The lowest BCUT2D eigenvalue weighted by molar-refractivity contribution is -0.131. The molecule has 0 spiro atoms. The number of halogens is 1. The molecule has 0 aliphatic rings. The standard InChI is InChI=1S/C23H24FNO6/c1-14(5-3-4-6-21(28)29)22(17-9-12-20(27)19(24)13-17)31-23(30)25-18-10-7-16(8-11-18)15(2)26/h4,6-14,22,27H,3,5H2,1-2H3,(H,25,30)(H,28,29)/b6-4+/t14-,22-/m1/s1. The number of nitrogens with one attached hydrogen (secondary N) is 1. The number of aliphatic carboxylic acids is 1. The highest BCUT2D eigenvalue weighted by molar-refractivity contribution is 5.95. The number of hydrogen-bond acceptors (Lipinski definition) is 5. The fourth-order valence-corrected chi connectivity index (χ4v) is 2.96. The highest BCUT2D eigenvalue weighted by atomic mass is 19.1. The van der Waals surface area contributed by atoms with Crippen molar-refractivity contribution in [1.82, 2.24) is 0 Å². The summed E-state index contributed by atoms with van der Waals surface area (Å²) in [6, 6.07) is 10.0. The van der Waals surface area contributed by atoms with Crippen molar-refractivity contribution < 1.29 is 33.7 Å². The number of hydrogen-bond donors (Lipinski definition) is 3. The Bertz CT molecular complexity index is 971. The molecule has 0 saturated carbocycles. The Kier molecular flexibility index (Phi) is 8.31. The lowest BCUT2D eigenvalue weighted by atomic mass is 9.93. The molecule has 0 saturated heterocycles. The number of carboxylic acids is 1. The van der Waals surface area contributed by atoms with Gasteiger partial charge in [0.05, 0.1) is 0 Å². The predicted molar refractivity (Wildman–Crippen MR) is 113 cm³/mol. The summed E-state index contributed by atoms with van der Waals surface area (Å²) in [7, 11) is 0.